The Kier molecular flexibility index (Phi) is 5.53. The molecule has 2 aliphatic heterocycles. The number of aromatic nitrogens is 2. The molecule has 1 aromatic rings. The lowest BCUT2D eigenvalue weighted by Crippen LogP contribution is -2.53. The van der Waals surface area contributed by atoms with Gasteiger partial charge in [-0.15, -0.1) is 0 Å². The number of hydrogen-bond donors (Lipinski definition) is 1. The van der Waals surface area contributed by atoms with E-state index in [-0.39, 0.29) is 29.0 Å². The van der Waals surface area contributed by atoms with Crippen molar-refractivity contribution in [2.75, 3.05) is 31.1 Å². The summed E-state index contributed by atoms with van der Waals surface area (Å²) in [5, 5.41) is 7.76. The van der Waals surface area contributed by atoms with E-state index in [4.69, 9.17) is 0 Å². The molecule has 1 aromatic heterocycles. The second kappa shape index (κ2) is 7.69. The van der Waals surface area contributed by atoms with Gasteiger partial charge in [0.05, 0.1) is 17.5 Å². The molecule has 7 nitrogen and oxygen atoms in total. The number of sulfone groups is 1. The molecular formula is C21H34N4O3S. The first-order valence-electron chi connectivity index (χ1n) is 11.0. The van der Waals surface area contributed by atoms with E-state index in [9.17, 15) is 13.2 Å². The van der Waals surface area contributed by atoms with Crippen LogP contribution < -0.4 is 5.32 Å². The third-order valence-corrected chi connectivity index (χ3v) is 8.11. The summed E-state index contributed by atoms with van der Waals surface area (Å²) in [4.78, 5) is 15.4. The van der Waals surface area contributed by atoms with Crippen LogP contribution in [0.15, 0.2) is 6.07 Å². The summed E-state index contributed by atoms with van der Waals surface area (Å²) in [5.74, 6) is 1.30. The number of piperidine rings is 1. The molecule has 1 saturated carbocycles. The van der Waals surface area contributed by atoms with Gasteiger partial charge in [0.15, 0.2) is 9.84 Å². The fraction of sp³-hybridized carbons (Fsp3) is 0.810. The van der Waals surface area contributed by atoms with Crippen molar-refractivity contribution in [1.29, 1.82) is 0 Å². The van der Waals surface area contributed by atoms with Gasteiger partial charge in [-0.2, -0.15) is 5.10 Å². The van der Waals surface area contributed by atoms with Gasteiger partial charge in [0, 0.05) is 30.2 Å². The summed E-state index contributed by atoms with van der Waals surface area (Å²) in [6.45, 7) is 9.39. The molecule has 8 heteroatoms. The summed E-state index contributed by atoms with van der Waals surface area (Å²) in [7, 11) is -2.99. The molecule has 2 saturated heterocycles. The maximum atomic E-state index is 13.0. The van der Waals surface area contributed by atoms with Crippen LogP contribution in [-0.4, -0.2) is 65.7 Å². The number of amides is 1. The second-order valence-corrected chi connectivity index (χ2v) is 12.3. The molecule has 3 fully saturated rings. The Hall–Kier alpha value is -1.41. The highest BCUT2D eigenvalue weighted by Gasteiger charge is 2.36. The summed E-state index contributed by atoms with van der Waals surface area (Å²) in [6, 6.07) is 1.75. The first kappa shape index (κ1) is 20.8. The average Bonchev–Trinajstić information content (AvgIpc) is 3.25. The number of rotatable bonds is 6. The molecule has 162 valence electrons. The SMILES string of the molecule is CC1CCCN(CC(C)(C)NC(=O)c2cc(C3CC3)n(C3CCS(=O)(=O)C3)n2)C1. The van der Waals surface area contributed by atoms with Crippen molar-refractivity contribution in [3.8, 4) is 0 Å². The Morgan fingerprint density at radius 2 is 2.03 bits per heavy atom. The van der Waals surface area contributed by atoms with E-state index in [0.717, 1.165) is 38.2 Å². The van der Waals surface area contributed by atoms with E-state index in [1.807, 2.05) is 10.7 Å². The first-order valence-corrected chi connectivity index (χ1v) is 12.8. The van der Waals surface area contributed by atoms with E-state index in [1.165, 1.54) is 12.8 Å². The Morgan fingerprint density at radius 3 is 2.66 bits per heavy atom. The third kappa shape index (κ3) is 5.02. The molecular weight excluding hydrogens is 388 g/mol. The van der Waals surface area contributed by atoms with Gasteiger partial charge in [0.2, 0.25) is 0 Å². The van der Waals surface area contributed by atoms with Crippen molar-refractivity contribution in [2.45, 2.75) is 70.4 Å². The molecule has 0 spiro atoms. The van der Waals surface area contributed by atoms with Crippen molar-refractivity contribution in [3.63, 3.8) is 0 Å². The van der Waals surface area contributed by atoms with Gasteiger partial charge in [-0.05, 0) is 64.5 Å². The average molecular weight is 423 g/mol. The van der Waals surface area contributed by atoms with Gasteiger partial charge in [0.1, 0.15) is 5.69 Å². The van der Waals surface area contributed by atoms with Crippen molar-refractivity contribution in [1.82, 2.24) is 20.0 Å². The van der Waals surface area contributed by atoms with Crippen LogP contribution in [-0.2, 0) is 9.84 Å². The zero-order valence-electron chi connectivity index (χ0n) is 17.9. The van der Waals surface area contributed by atoms with Crippen LogP contribution in [0.5, 0.6) is 0 Å². The predicted octanol–water partition coefficient (Wildman–Crippen LogP) is 2.36. The van der Waals surface area contributed by atoms with Crippen LogP contribution in [0.3, 0.4) is 0 Å². The zero-order chi connectivity index (χ0) is 20.8. The minimum absolute atomic E-state index is 0.133. The molecule has 0 aromatic carbocycles. The van der Waals surface area contributed by atoms with E-state index >= 15 is 0 Å². The first-order chi connectivity index (χ1) is 13.6. The van der Waals surface area contributed by atoms with Gasteiger partial charge in [0.25, 0.3) is 5.91 Å². The topological polar surface area (TPSA) is 84.3 Å². The number of hydrogen-bond acceptors (Lipinski definition) is 5. The van der Waals surface area contributed by atoms with Gasteiger partial charge >= 0.3 is 0 Å². The highest BCUT2D eigenvalue weighted by atomic mass is 32.2. The lowest BCUT2D eigenvalue weighted by atomic mass is 9.97. The third-order valence-electron chi connectivity index (χ3n) is 6.36. The largest absolute Gasteiger partial charge is 0.344 e. The van der Waals surface area contributed by atoms with Crippen molar-refractivity contribution < 1.29 is 13.2 Å². The van der Waals surface area contributed by atoms with Crippen LogP contribution in [0, 0.1) is 5.92 Å². The van der Waals surface area contributed by atoms with Gasteiger partial charge < -0.3 is 10.2 Å². The van der Waals surface area contributed by atoms with E-state index in [2.05, 4.69) is 36.1 Å². The quantitative estimate of drug-likeness (QED) is 0.761. The van der Waals surface area contributed by atoms with Crippen molar-refractivity contribution in [2.24, 2.45) is 5.92 Å². The molecule has 3 heterocycles. The second-order valence-electron chi connectivity index (χ2n) is 10.1. The fourth-order valence-electron chi connectivity index (χ4n) is 4.86. The maximum Gasteiger partial charge on any atom is 0.272 e. The normalized spacial score (nSPS) is 27.8. The minimum Gasteiger partial charge on any atom is -0.344 e. The number of carbonyl (C=O) groups is 1. The molecule has 1 amide bonds. The van der Waals surface area contributed by atoms with E-state index in [0.29, 0.717) is 24.0 Å². The van der Waals surface area contributed by atoms with Gasteiger partial charge in [-0.25, -0.2) is 8.42 Å². The maximum absolute atomic E-state index is 13.0. The van der Waals surface area contributed by atoms with E-state index in [1.54, 1.807) is 0 Å². The van der Waals surface area contributed by atoms with E-state index < -0.39 is 9.84 Å². The lowest BCUT2D eigenvalue weighted by Gasteiger charge is -2.37. The summed E-state index contributed by atoms with van der Waals surface area (Å²) in [6.07, 6.45) is 5.26. The van der Waals surface area contributed by atoms with Crippen LogP contribution in [0.4, 0.5) is 0 Å². The summed E-state index contributed by atoms with van der Waals surface area (Å²) >= 11 is 0. The Bertz CT molecular complexity index is 872. The lowest BCUT2D eigenvalue weighted by molar-refractivity contribution is 0.0857. The Labute approximate surface area is 174 Å². The Balaban J connectivity index is 1.46. The smallest absolute Gasteiger partial charge is 0.272 e. The van der Waals surface area contributed by atoms with Gasteiger partial charge in [-0.1, -0.05) is 6.92 Å². The zero-order valence-corrected chi connectivity index (χ0v) is 18.7. The summed E-state index contributed by atoms with van der Waals surface area (Å²) in [5.41, 5.74) is 1.09. The van der Waals surface area contributed by atoms with Crippen LogP contribution >= 0.6 is 0 Å². The molecule has 1 N–H and O–H groups in total. The number of carbonyl (C=O) groups excluding carboxylic acids is 1. The molecule has 2 atom stereocenters. The molecule has 2 unspecified atom stereocenters. The molecule has 4 rings (SSSR count). The molecule has 29 heavy (non-hydrogen) atoms. The van der Waals surface area contributed by atoms with Crippen molar-refractivity contribution >= 4 is 15.7 Å². The predicted molar refractivity (Wildman–Crippen MR) is 113 cm³/mol. The van der Waals surface area contributed by atoms with Crippen LogP contribution in [0.1, 0.15) is 81.0 Å². The molecule has 3 aliphatic rings. The Morgan fingerprint density at radius 1 is 1.28 bits per heavy atom. The standard InChI is InChI=1S/C21H34N4O3S/c1-15-5-4-9-24(12-15)14-21(2,3)22-20(26)18-11-19(16-6-7-16)25(23-18)17-8-10-29(27,28)13-17/h11,15-17H,4-10,12-14H2,1-3H3,(H,22,26). The molecule has 1 aliphatic carbocycles. The van der Waals surface area contributed by atoms with Crippen LogP contribution in [0.2, 0.25) is 0 Å². The molecule has 0 bridgehead atoms. The molecule has 0 radical (unpaired) electrons. The monoisotopic (exact) mass is 422 g/mol. The van der Waals surface area contributed by atoms with Crippen molar-refractivity contribution in [3.05, 3.63) is 17.5 Å². The van der Waals surface area contributed by atoms with Crippen LogP contribution in [0.25, 0.3) is 0 Å². The van der Waals surface area contributed by atoms with Gasteiger partial charge in [-0.3, -0.25) is 9.48 Å². The highest BCUT2D eigenvalue weighted by Crippen LogP contribution is 2.42. The number of likely N-dealkylation sites (tertiary alicyclic amines) is 1. The minimum atomic E-state index is -2.99. The fourth-order valence-corrected chi connectivity index (χ4v) is 6.56. The number of nitrogens with one attached hydrogen (secondary N) is 1. The summed E-state index contributed by atoms with van der Waals surface area (Å²) < 4.78 is 25.7. The highest BCUT2D eigenvalue weighted by molar-refractivity contribution is 7.91. The number of nitrogens with zero attached hydrogens (tertiary/aromatic N) is 3.